The number of hydrogen-bond donors (Lipinski definition) is 0. The van der Waals surface area contributed by atoms with E-state index in [9.17, 15) is 9.59 Å². The monoisotopic (exact) mass is 401 g/mol. The van der Waals surface area contributed by atoms with Gasteiger partial charge in [-0.3, -0.25) is 9.59 Å². The summed E-state index contributed by atoms with van der Waals surface area (Å²) in [6.45, 7) is 6.89. The molecule has 0 aliphatic carbocycles. The minimum atomic E-state index is -0.727. The number of rotatable bonds is 4. The largest absolute Gasteiger partial charge is 0.407 e. The Morgan fingerprint density at radius 1 is 1.21 bits per heavy atom. The van der Waals surface area contributed by atoms with Gasteiger partial charge in [-0.05, 0) is 45.9 Å². The van der Waals surface area contributed by atoms with Crippen LogP contribution in [0.15, 0.2) is 30.9 Å². The number of aromatic nitrogens is 5. The molecule has 2 aromatic heterocycles. The van der Waals surface area contributed by atoms with Gasteiger partial charge in [0.25, 0.3) is 0 Å². The smallest absolute Gasteiger partial charge is 0.317 e. The lowest BCUT2D eigenvalue weighted by molar-refractivity contribution is -0.143. The SMILES string of the molecule is Cc1nn(C)c(OC(=O)C(C)(C)C)c1C(=O)c1ccc(-n2cncn2)cc1Cl. The average Bonchev–Trinajstić information content (AvgIpc) is 3.22. The Morgan fingerprint density at radius 3 is 2.50 bits per heavy atom. The zero-order valence-electron chi connectivity index (χ0n) is 16.2. The van der Waals surface area contributed by atoms with Crippen molar-refractivity contribution in [3.05, 3.63) is 52.7 Å². The second kappa shape index (κ2) is 7.20. The van der Waals surface area contributed by atoms with Gasteiger partial charge in [-0.1, -0.05) is 11.6 Å². The van der Waals surface area contributed by atoms with Gasteiger partial charge < -0.3 is 4.74 Å². The molecule has 0 atom stereocenters. The third kappa shape index (κ3) is 3.68. The van der Waals surface area contributed by atoms with Crippen LogP contribution in [0.5, 0.6) is 5.88 Å². The number of hydrogen-bond acceptors (Lipinski definition) is 6. The van der Waals surface area contributed by atoms with Crippen molar-refractivity contribution in [2.24, 2.45) is 12.5 Å². The molecular formula is C19H20ClN5O3. The van der Waals surface area contributed by atoms with E-state index in [-0.39, 0.29) is 27.8 Å². The summed E-state index contributed by atoms with van der Waals surface area (Å²) in [4.78, 5) is 29.4. The van der Waals surface area contributed by atoms with Crippen LogP contribution in [0.2, 0.25) is 5.02 Å². The zero-order chi connectivity index (χ0) is 20.6. The van der Waals surface area contributed by atoms with Crippen LogP contribution in [-0.2, 0) is 11.8 Å². The van der Waals surface area contributed by atoms with E-state index in [1.54, 1.807) is 52.9 Å². The molecule has 0 amide bonds. The van der Waals surface area contributed by atoms with Crippen molar-refractivity contribution in [1.82, 2.24) is 24.5 Å². The molecule has 0 N–H and O–H groups in total. The lowest BCUT2D eigenvalue weighted by Crippen LogP contribution is -2.27. The molecule has 3 aromatic rings. The third-order valence-electron chi connectivity index (χ3n) is 4.08. The number of esters is 1. The second-order valence-electron chi connectivity index (χ2n) is 7.36. The van der Waals surface area contributed by atoms with E-state index >= 15 is 0 Å². The molecule has 146 valence electrons. The summed E-state index contributed by atoms with van der Waals surface area (Å²) in [5.41, 5.74) is 0.863. The topological polar surface area (TPSA) is 91.9 Å². The van der Waals surface area contributed by atoms with Crippen LogP contribution in [0.4, 0.5) is 0 Å². The van der Waals surface area contributed by atoms with Crippen LogP contribution in [0.1, 0.15) is 42.4 Å². The van der Waals surface area contributed by atoms with E-state index in [0.29, 0.717) is 11.4 Å². The molecular weight excluding hydrogens is 382 g/mol. The lowest BCUT2D eigenvalue weighted by atomic mass is 9.97. The number of carbonyl (C=O) groups is 2. The van der Waals surface area contributed by atoms with Gasteiger partial charge in [0.1, 0.15) is 18.2 Å². The molecule has 0 unspecified atom stereocenters. The Morgan fingerprint density at radius 2 is 1.93 bits per heavy atom. The van der Waals surface area contributed by atoms with E-state index in [4.69, 9.17) is 16.3 Å². The summed E-state index contributed by atoms with van der Waals surface area (Å²) in [5, 5.41) is 8.52. The minimum Gasteiger partial charge on any atom is -0.407 e. The van der Waals surface area contributed by atoms with E-state index in [2.05, 4.69) is 15.2 Å². The Labute approximate surface area is 167 Å². The molecule has 8 nitrogen and oxygen atoms in total. The highest BCUT2D eigenvalue weighted by atomic mass is 35.5. The molecule has 2 heterocycles. The first kappa shape index (κ1) is 19.8. The van der Waals surface area contributed by atoms with Gasteiger partial charge >= 0.3 is 5.97 Å². The molecule has 0 saturated carbocycles. The third-order valence-corrected chi connectivity index (χ3v) is 4.39. The number of ketones is 1. The fourth-order valence-electron chi connectivity index (χ4n) is 2.56. The van der Waals surface area contributed by atoms with Crippen LogP contribution in [-0.4, -0.2) is 36.3 Å². The molecule has 0 saturated heterocycles. The highest BCUT2D eigenvalue weighted by molar-refractivity contribution is 6.35. The van der Waals surface area contributed by atoms with E-state index in [0.717, 1.165) is 0 Å². The lowest BCUT2D eigenvalue weighted by Gasteiger charge is -2.17. The van der Waals surface area contributed by atoms with Gasteiger partial charge in [0.15, 0.2) is 0 Å². The first-order valence-corrected chi connectivity index (χ1v) is 8.92. The first-order valence-electron chi connectivity index (χ1n) is 8.54. The van der Waals surface area contributed by atoms with E-state index in [1.807, 2.05) is 0 Å². The number of ether oxygens (including phenoxy) is 1. The molecule has 9 heteroatoms. The van der Waals surface area contributed by atoms with Crippen molar-refractivity contribution in [1.29, 1.82) is 0 Å². The summed E-state index contributed by atoms with van der Waals surface area (Å²) < 4.78 is 8.41. The van der Waals surface area contributed by atoms with Crippen molar-refractivity contribution in [3.8, 4) is 11.6 Å². The quantitative estimate of drug-likeness (QED) is 0.492. The molecule has 28 heavy (non-hydrogen) atoms. The summed E-state index contributed by atoms with van der Waals surface area (Å²) in [7, 11) is 1.62. The number of halogens is 1. The van der Waals surface area contributed by atoms with E-state index in [1.165, 1.54) is 22.0 Å². The number of benzene rings is 1. The van der Waals surface area contributed by atoms with Crippen molar-refractivity contribution < 1.29 is 14.3 Å². The van der Waals surface area contributed by atoms with Gasteiger partial charge in [0.05, 0.1) is 21.8 Å². The van der Waals surface area contributed by atoms with Crippen LogP contribution in [0, 0.1) is 12.3 Å². The van der Waals surface area contributed by atoms with E-state index < -0.39 is 11.4 Å². The first-order chi connectivity index (χ1) is 13.1. The van der Waals surface area contributed by atoms with Gasteiger partial charge in [-0.25, -0.2) is 14.3 Å². The predicted molar refractivity (Wildman–Crippen MR) is 103 cm³/mol. The summed E-state index contributed by atoms with van der Waals surface area (Å²) >= 11 is 6.36. The fourth-order valence-corrected chi connectivity index (χ4v) is 2.82. The number of nitrogens with zero attached hydrogens (tertiary/aromatic N) is 5. The Bertz CT molecular complexity index is 1050. The Kier molecular flexibility index (Phi) is 5.08. The molecule has 3 rings (SSSR count). The molecule has 0 aliphatic rings. The van der Waals surface area contributed by atoms with Crippen molar-refractivity contribution in [2.45, 2.75) is 27.7 Å². The summed E-state index contributed by atoms with van der Waals surface area (Å²) in [6, 6.07) is 4.93. The predicted octanol–water partition coefficient (Wildman–Crippen LogP) is 3.15. The maximum absolute atomic E-state index is 13.2. The van der Waals surface area contributed by atoms with Crippen LogP contribution in [0.3, 0.4) is 0 Å². The highest BCUT2D eigenvalue weighted by Gasteiger charge is 2.30. The van der Waals surface area contributed by atoms with Crippen LogP contribution in [0.25, 0.3) is 5.69 Å². The van der Waals surface area contributed by atoms with Gasteiger partial charge in [-0.2, -0.15) is 10.2 Å². The fraction of sp³-hybridized carbons (Fsp3) is 0.316. The highest BCUT2D eigenvalue weighted by Crippen LogP contribution is 2.30. The molecule has 0 radical (unpaired) electrons. The average molecular weight is 402 g/mol. The number of carbonyl (C=O) groups excluding carboxylic acids is 2. The molecule has 0 aliphatic heterocycles. The Hall–Kier alpha value is -3.00. The number of aryl methyl sites for hydroxylation is 2. The van der Waals surface area contributed by atoms with Gasteiger partial charge in [0, 0.05) is 12.6 Å². The molecule has 0 fully saturated rings. The molecule has 1 aromatic carbocycles. The standard InChI is InChI=1S/C19H20ClN5O3/c1-11-15(17(24(5)23-11)28-18(27)19(2,3)4)16(26)13-7-6-12(8-14(13)20)25-10-21-9-22-25/h6-10H,1-5H3. The molecule has 0 bridgehead atoms. The maximum atomic E-state index is 13.2. The second-order valence-corrected chi connectivity index (χ2v) is 7.77. The summed E-state index contributed by atoms with van der Waals surface area (Å²) in [6.07, 6.45) is 2.93. The Balaban J connectivity index is 2.00. The zero-order valence-corrected chi connectivity index (χ0v) is 17.0. The van der Waals surface area contributed by atoms with Crippen molar-refractivity contribution in [3.63, 3.8) is 0 Å². The minimum absolute atomic E-state index is 0.0962. The molecule has 0 spiro atoms. The van der Waals surface area contributed by atoms with Gasteiger partial charge in [0.2, 0.25) is 11.7 Å². The maximum Gasteiger partial charge on any atom is 0.317 e. The van der Waals surface area contributed by atoms with Crippen molar-refractivity contribution in [2.75, 3.05) is 0 Å². The van der Waals surface area contributed by atoms with Crippen LogP contribution >= 0.6 is 11.6 Å². The van der Waals surface area contributed by atoms with Gasteiger partial charge in [-0.15, -0.1) is 0 Å². The van der Waals surface area contributed by atoms with Crippen LogP contribution < -0.4 is 4.74 Å². The summed E-state index contributed by atoms with van der Waals surface area (Å²) in [5.74, 6) is -0.742. The van der Waals surface area contributed by atoms with Crippen molar-refractivity contribution >= 4 is 23.4 Å². The normalized spacial score (nSPS) is 11.5.